The maximum Gasteiger partial charge on any atom is 0.0629 e. The lowest BCUT2D eigenvalue weighted by Gasteiger charge is -2.37. The zero-order chi connectivity index (χ0) is 9.19. The second-order valence-electron chi connectivity index (χ2n) is 4.29. The maximum atomic E-state index is 6.22. The minimum Gasteiger partial charge on any atom is -0.376 e. The minimum atomic E-state index is 0.0469. The maximum absolute atomic E-state index is 6.22. The van der Waals surface area contributed by atoms with Crippen LogP contribution in [0.4, 0.5) is 0 Å². The van der Waals surface area contributed by atoms with E-state index in [4.69, 9.17) is 16.3 Å². The number of alkyl halides is 1. The van der Waals surface area contributed by atoms with Gasteiger partial charge in [-0.25, -0.2) is 0 Å². The smallest absolute Gasteiger partial charge is 0.0629 e. The van der Waals surface area contributed by atoms with E-state index in [0.717, 1.165) is 25.9 Å². The molecule has 1 rings (SSSR count). The Morgan fingerprint density at radius 2 is 2.25 bits per heavy atom. The Labute approximate surface area is 80.4 Å². The third-order valence-corrected chi connectivity index (χ3v) is 3.30. The Hall–Kier alpha value is 0.250. The molecule has 1 aliphatic rings. The van der Waals surface area contributed by atoms with Crippen LogP contribution in [-0.2, 0) is 4.74 Å². The Morgan fingerprint density at radius 1 is 1.58 bits per heavy atom. The van der Waals surface area contributed by atoms with Gasteiger partial charge in [-0.15, -0.1) is 11.6 Å². The quantitative estimate of drug-likeness (QED) is 0.608. The van der Waals surface area contributed by atoms with Gasteiger partial charge in [0.25, 0.3) is 0 Å². The van der Waals surface area contributed by atoms with Crippen molar-refractivity contribution >= 4 is 11.6 Å². The van der Waals surface area contributed by atoms with E-state index in [2.05, 4.69) is 20.8 Å². The normalized spacial score (nSPS) is 31.5. The molecule has 1 heterocycles. The van der Waals surface area contributed by atoms with E-state index in [9.17, 15) is 0 Å². The molecule has 1 saturated heterocycles. The van der Waals surface area contributed by atoms with Crippen molar-refractivity contribution in [3.05, 3.63) is 0 Å². The Morgan fingerprint density at radius 3 is 2.75 bits per heavy atom. The largest absolute Gasteiger partial charge is 0.376 e. The summed E-state index contributed by atoms with van der Waals surface area (Å²) in [5.41, 5.74) is 0.0469. The zero-order valence-corrected chi connectivity index (χ0v) is 9.03. The average Bonchev–Trinajstić information content (AvgIpc) is 2.01. The van der Waals surface area contributed by atoms with Gasteiger partial charge in [0.1, 0.15) is 0 Å². The average molecular weight is 191 g/mol. The van der Waals surface area contributed by atoms with Crippen LogP contribution in [0.25, 0.3) is 0 Å². The van der Waals surface area contributed by atoms with E-state index in [1.165, 1.54) is 0 Å². The van der Waals surface area contributed by atoms with Crippen molar-refractivity contribution in [2.45, 2.75) is 51.0 Å². The molecule has 1 aliphatic heterocycles. The molecule has 1 fully saturated rings. The summed E-state index contributed by atoms with van der Waals surface area (Å²) in [6.45, 7) is 7.33. The van der Waals surface area contributed by atoms with Crippen molar-refractivity contribution in [3.8, 4) is 0 Å². The molecule has 2 heteroatoms. The molecule has 0 saturated carbocycles. The van der Waals surface area contributed by atoms with Crippen molar-refractivity contribution in [1.82, 2.24) is 0 Å². The molecule has 1 nitrogen and oxygen atoms in total. The zero-order valence-electron chi connectivity index (χ0n) is 8.27. The minimum absolute atomic E-state index is 0.0469. The predicted octanol–water partition coefficient (Wildman–Crippen LogP) is 3.21. The van der Waals surface area contributed by atoms with Crippen LogP contribution < -0.4 is 0 Å². The third kappa shape index (κ3) is 2.63. The fourth-order valence-electron chi connectivity index (χ4n) is 1.92. The van der Waals surface area contributed by atoms with Crippen LogP contribution >= 0.6 is 11.6 Å². The van der Waals surface area contributed by atoms with Crippen LogP contribution in [0.2, 0.25) is 0 Å². The highest BCUT2D eigenvalue weighted by atomic mass is 35.5. The summed E-state index contributed by atoms with van der Waals surface area (Å²) in [4.78, 5) is 0. The number of hydrogen-bond donors (Lipinski definition) is 0. The van der Waals surface area contributed by atoms with Gasteiger partial charge < -0.3 is 4.74 Å². The van der Waals surface area contributed by atoms with Gasteiger partial charge in [-0.2, -0.15) is 0 Å². The first-order valence-corrected chi connectivity index (χ1v) is 5.27. The van der Waals surface area contributed by atoms with Crippen LogP contribution in [0.1, 0.15) is 40.0 Å². The Bertz CT molecular complexity index is 145. The van der Waals surface area contributed by atoms with E-state index in [1.54, 1.807) is 0 Å². The fraction of sp³-hybridized carbons (Fsp3) is 1.00. The van der Waals surface area contributed by atoms with Gasteiger partial charge in [0.15, 0.2) is 0 Å². The van der Waals surface area contributed by atoms with Gasteiger partial charge in [0, 0.05) is 12.0 Å². The predicted molar refractivity (Wildman–Crippen MR) is 52.7 cm³/mol. The second-order valence-corrected chi connectivity index (χ2v) is 4.85. The van der Waals surface area contributed by atoms with Crippen molar-refractivity contribution in [2.75, 3.05) is 6.61 Å². The van der Waals surface area contributed by atoms with Crippen LogP contribution in [0, 0.1) is 5.92 Å². The topological polar surface area (TPSA) is 9.23 Å². The molecule has 0 radical (unpaired) electrons. The first-order chi connectivity index (χ1) is 5.55. The molecule has 12 heavy (non-hydrogen) atoms. The van der Waals surface area contributed by atoms with Crippen LogP contribution in [-0.4, -0.2) is 17.6 Å². The van der Waals surface area contributed by atoms with Crippen LogP contribution in [0.5, 0.6) is 0 Å². The van der Waals surface area contributed by atoms with Crippen LogP contribution in [0.15, 0.2) is 0 Å². The lowest BCUT2D eigenvalue weighted by molar-refractivity contribution is -0.0728. The summed E-state index contributed by atoms with van der Waals surface area (Å²) >= 11 is 6.22. The molecular formula is C10H19ClO. The molecule has 0 bridgehead atoms. The van der Waals surface area contributed by atoms with E-state index in [-0.39, 0.29) is 5.60 Å². The highest BCUT2D eigenvalue weighted by Crippen LogP contribution is 2.33. The summed E-state index contributed by atoms with van der Waals surface area (Å²) in [6.07, 6.45) is 3.31. The highest BCUT2D eigenvalue weighted by Gasteiger charge is 2.31. The number of rotatable bonds is 2. The molecule has 2 unspecified atom stereocenters. The molecule has 0 spiro atoms. The summed E-state index contributed by atoms with van der Waals surface area (Å²) < 4.78 is 5.63. The van der Waals surface area contributed by atoms with Gasteiger partial charge in [-0.3, -0.25) is 0 Å². The molecule has 2 atom stereocenters. The summed E-state index contributed by atoms with van der Waals surface area (Å²) in [5.74, 6) is 0.653. The molecule has 72 valence electrons. The third-order valence-electron chi connectivity index (χ3n) is 2.64. The van der Waals surface area contributed by atoms with Gasteiger partial charge in [0.2, 0.25) is 0 Å². The van der Waals surface area contributed by atoms with E-state index in [0.29, 0.717) is 11.3 Å². The number of hydrogen-bond acceptors (Lipinski definition) is 1. The highest BCUT2D eigenvalue weighted by molar-refractivity contribution is 6.20. The molecular weight excluding hydrogens is 172 g/mol. The van der Waals surface area contributed by atoms with E-state index < -0.39 is 0 Å². The molecule has 0 N–H and O–H groups in total. The lowest BCUT2D eigenvalue weighted by atomic mass is 9.85. The molecule has 0 aromatic heterocycles. The molecule has 0 amide bonds. The van der Waals surface area contributed by atoms with E-state index in [1.807, 2.05) is 0 Å². The summed E-state index contributed by atoms with van der Waals surface area (Å²) in [7, 11) is 0. The molecule has 0 aromatic rings. The second kappa shape index (κ2) is 3.97. The van der Waals surface area contributed by atoms with Crippen LogP contribution in [0.3, 0.4) is 0 Å². The summed E-state index contributed by atoms with van der Waals surface area (Å²) in [6, 6.07) is 0. The van der Waals surface area contributed by atoms with Crippen molar-refractivity contribution < 1.29 is 4.74 Å². The van der Waals surface area contributed by atoms with Gasteiger partial charge in [-0.1, -0.05) is 6.92 Å². The molecule has 0 aromatic carbocycles. The van der Waals surface area contributed by atoms with Gasteiger partial charge in [-0.05, 0) is 39.0 Å². The van der Waals surface area contributed by atoms with Crippen molar-refractivity contribution in [1.29, 1.82) is 0 Å². The SMILES string of the molecule is CCC(Cl)C1CCOC(C)(C)C1. The van der Waals surface area contributed by atoms with E-state index >= 15 is 0 Å². The fourth-order valence-corrected chi connectivity index (χ4v) is 2.14. The molecule has 0 aliphatic carbocycles. The standard InChI is InChI=1S/C10H19ClO/c1-4-9(11)8-5-6-12-10(2,3)7-8/h8-9H,4-7H2,1-3H3. The van der Waals surface area contributed by atoms with Crippen molar-refractivity contribution in [2.24, 2.45) is 5.92 Å². The monoisotopic (exact) mass is 190 g/mol. The van der Waals surface area contributed by atoms with Gasteiger partial charge in [0.05, 0.1) is 5.60 Å². The lowest BCUT2D eigenvalue weighted by Crippen LogP contribution is -2.37. The summed E-state index contributed by atoms with van der Waals surface area (Å²) in [5, 5.41) is 0.341. The number of halogens is 1. The first-order valence-electron chi connectivity index (χ1n) is 4.83. The Balaban J connectivity index is 2.46. The van der Waals surface area contributed by atoms with Crippen molar-refractivity contribution in [3.63, 3.8) is 0 Å². The Kier molecular flexibility index (Phi) is 3.42. The number of ether oxygens (including phenoxy) is 1. The first kappa shape index (κ1) is 10.3. The van der Waals surface area contributed by atoms with Gasteiger partial charge >= 0.3 is 0 Å².